The predicted molar refractivity (Wildman–Crippen MR) is 55.7 cm³/mol. The molecule has 0 fully saturated rings. The number of ether oxygens (including phenoxy) is 1. The fourth-order valence-corrected chi connectivity index (χ4v) is 1.31. The highest BCUT2D eigenvalue weighted by atomic mass is 16.5. The number of anilines is 1. The van der Waals surface area contributed by atoms with Crippen molar-refractivity contribution >= 4 is 5.82 Å². The fourth-order valence-electron chi connectivity index (χ4n) is 1.31. The van der Waals surface area contributed by atoms with Crippen molar-refractivity contribution in [2.45, 2.75) is 20.0 Å². The molecule has 0 aromatic carbocycles. The average Bonchev–Trinajstić information content (AvgIpc) is 2.18. The summed E-state index contributed by atoms with van der Waals surface area (Å²) in [5, 5.41) is 8.67. The van der Waals surface area contributed by atoms with Crippen LogP contribution in [0.25, 0.3) is 0 Å². The highest BCUT2D eigenvalue weighted by molar-refractivity contribution is 5.46. The van der Waals surface area contributed by atoms with Gasteiger partial charge in [0.2, 0.25) is 0 Å². The van der Waals surface area contributed by atoms with Crippen LogP contribution >= 0.6 is 0 Å². The lowest BCUT2D eigenvalue weighted by Crippen LogP contribution is -2.14. The van der Waals surface area contributed by atoms with E-state index in [1.165, 1.54) is 6.20 Å². The number of nitrogens with zero attached hydrogens (tertiary/aromatic N) is 3. The number of rotatable bonds is 3. The molecule has 0 spiro atoms. The van der Waals surface area contributed by atoms with Gasteiger partial charge in [0, 0.05) is 7.11 Å². The summed E-state index contributed by atoms with van der Waals surface area (Å²) in [5.74, 6) is 0.969. The Morgan fingerprint density at radius 2 is 2.20 bits per heavy atom. The molecule has 0 aliphatic heterocycles. The maximum atomic E-state index is 8.67. The minimum Gasteiger partial charge on any atom is -0.382 e. The van der Waals surface area contributed by atoms with Crippen LogP contribution in [-0.4, -0.2) is 17.1 Å². The summed E-state index contributed by atoms with van der Waals surface area (Å²) in [4.78, 5) is 8.12. The Kier molecular flexibility index (Phi) is 3.58. The molecule has 1 atom stereocenters. The Labute approximate surface area is 88.9 Å². The third kappa shape index (κ3) is 2.42. The second kappa shape index (κ2) is 4.71. The SMILES string of the molecule is COC(c1ncc(C#N)c(N)n1)C(C)C. The first kappa shape index (κ1) is 11.4. The molecule has 1 rings (SSSR count). The van der Waals surface area contributed by atoms with Gasteiger partial charge >= 0.3 is 0 Å². The lowest BCUT2D eigenvalue weighted by atomic mass is 10.1. The van der Waals surface area contributed by atoms with Gasteiger partial charge in [-0.2, -0.15) is 5.26 Å². The zero-order valence-corrected chi connectivity index (χ0v) is 9.06. The van der Waals surface area contributed by atoms with E-state index < -0.39 is 0 Å². The summed E-state index contributed by atoms with van der Waals surface area (Å²) in [6, 6.07) is 1.92. The Balaban J connectivity index is 3.06. The predicted octanol–water partition coefficient (Wildman–Crippen LogP) is 1.27. The van der Waals surface area contributed by atoms with Gasteiger partial charge in [-0.1, -0.05) is 13.8 Å². The molecule has 1 heterocycles. The van der Waals surface area contributed by atoms with Crippen molar-refractivity contribution in [1.82, 2.24) is 9.97 Å². The van der Waals surface area contributed by atoms with Crippen LogP contribution in [0.1, 0.15) is 31.3 Å². The van der Waals surface area contributed by atoms with Crippen molar-refractivity contribution in [2.24, 2.45) is 5.92 Å². The Hall–Kier alpha value is -1.67. The maximum Gasteiger partial charge on any atom is 0.159 e. The third-order valence-corrected chi connectivity index (χ3v) is 2.07. The van der Waals surface area contributed by atoms with Crippen LogP contribution < -0.4 is 5.73 Å². The van der Waals surface area contributed by atoms with Gasteiger partial charge in [0.05, 0.1) is 6.20 Å². The van der Waals surface area contributed by atoms with Gasteiger partial charge in [-0.05, 0) is 5.92 Å². The summed E-state index contributed by atoms with van der Waals surface area (Å²) in [7, 11) is 1.60. The summed E-state index contributed by atoms with van der Waals surface area (Å²) < 4.78 is 5.26. The van der Waals surface area contributed by atoms with Crippen LogP contribution in [0.5, 0.6) is 0 Å². The Bertz CT molecular complexity index is 383. The van der Waals surface area contributed by atoms with Crippen molar-refractivity contribution in [2.75, 3.05) is 12.8 Å². The van der Waals surface area contributed by atoms with Gasteiger partial charge in [0.15, 0.2) is 5.82 Å². The van der Waals surface area contributed by atoms with Crippen molar-refractivity contribution in [3.63, 3.8) is 0 Å². The molecule has 5 heteroatoms. The fraction of sp³-hybridized carbons (Fsp3) is 0.500. The summed E-state index contributed by atoms with van der Waals surface area (Å²) in [6.07, 6.45) is 1.23. The number of nitriles is 1. The molecule has 0 amide bonds. The standard InChI is InChI=1S/C10H14N4O/c1-6(2)8(15-3)10-13-5-7(4-11)9(12)14-10/h5-6,8H,1-3H3,(H2,12,13,14). The van der Waals surface area contributed by atoms with Crippen LogP contribution in [0.15, 0.2) is 6.20 Å². The third-order valence-electron chi connectivity index (χ3n) is 2.07. The van der Waals surface area contributed by atoms with E-state index in [4.69, 9.17) is 15.7 Å². The van der Waals surface area contributed by atoms with E-state index in [9.17, 15) is 0 Å². The molecular formula is C10H14N4O. The summed E-state index contributed by atoms with van der Waals surface area (Å²) >= 11 is 0. The van der Waals surface area contributed by atoms with Gasteiger partial charge in [0.1, 0.15) is 23.6 Å². The highest BCUT2D eigenvalue weighted by Crippen LogP contribution is 2.22. The van der Waals surface area contributed by atoms with Gasteiger partial charge in [-0.25, -0.2) is 9.97 Å². The zero-order valence-electron chi connectivity index (χ0n) is 9.06. The van der Waals surface area contributed by atoms with E-state index in [2.05, 4.69) is 9.97 Å². The lowest BCUT2D eigenvalue weighted by Gasteiger charge is -2.17. The first-order valence-corrected chi connectivity index (χ1v) is 4.65. The van der Waals surface area contributed by atoms with Crippen LogP contribution in [-0.2, 0) is 4.74 Å². The molecule has 0 saturated carbocycles. The molecule has 80 valence electrons. The number of nitrogens with two attached hydrogens (primary N) is 1. The second-order valence-corrected chi connectivity index (χ2v) is 3.54. The molecule has 1 aromatic rings. The molecule has 15 heavy (non-hydrogen) atoms. The molecular weight excluding hydrogens is 192 g/mol. The molecule has 0 radical (unpaired) electrons. The normalized spacial score (nSPS) is 12.5. The topological polar surface area (TPSA) is 84.8 Å². The quantitative estimate of drug-likeness (QED) is 0.805. The number of hydrogen-bond donors (Lipinski definition) is 1. The van der Waals surface area contributed by atoms with Crippen LogP contribution in [0, 0.1) is 17.2 Å². The molecule has 0 saturated heterocycles. The van der Waals surface area contributed by atoms with Crippen LogP contribution in [0.2, 0.25) is 0 Å². The van der Waals surface area contributed by atoms with Crippen LogP contribution in [0.3, 0.4) is 0 Å². The van der Waals surface area contributed by atoms with Gasteiger partial charge in [-0.15, -0.1) is 0 Å². The summed E-state index contributed by atoms with van der Waals surface area (Å²) in [6.45, 7) is 4.01. The van der Waals surface area contributed by atoms with E-state index in [-0.39, 0.29) is 23.4 Å². The highest BCUT2D eigenvalue weighted by Gasteiger charge is 2.18. The Morgan fingerprint density at radius 3 is 2.60 bits per heavy atom. The van der Waals surface area contributed by atoms with E-state index >= 15 is 0 Å². The van der Waals surface area contributed by atoms with Crippen molar-refractivity contribution in [1.29, 1.82) is 5.26 Å². The van der Waals surface area contributed by atoms with E-state index in [1.54, 1.807) is 7.11 Å². The second-order valence-electron chi connectivity index (χ2n) is 3.54. The average molecular weight is 206 g/mol. The number of aromatic nitrogens is 2. The van der Waals surface area contributed by atoms with Gasteiger partial charge in [0.25, 0.3) is 0 Å². The minimum absolute atomic E-state index is 0.194. The van der Waals surface area contributed by atoms with E-state index in [1.807, 2.05) is 19.9 Å². The minimum atomic E-state index is -0.194. The smallest absolute Gasteiger partial charge is 0.159 e. The lowest BCUT2D eigenvalue weighted by molar-refractivity contribution is 0.0576. The van der Waals surface area contributed by atoms with Gasteiger partial charge < -0.3 is 10.5 Å². The molecule has 2 N–H and O–H groups in total. The molecule has 1 aromatic heterocycles. The van der Waals surface area contributed by atoms with Gasteiger partial charge in [-0.3, -0.25) is 0 Å². The maximum absolute atomic E-state index is 8.67. The number of nitrogen functional groups attached to an aromatic ring is 1. The van der Waals surface area contributed by atoms with Crippen molar-refractivity contribution in [3.05, 3.63) is 17.6 Å². The van der Waals surface area contributed by atoms with Crippen LogP contribution in [0.4, 0.5) is 5.82 Å². The molecule has 5 nitrogen and oxygen atoms in total. The molecule has 1 unspecified atom stereocenters. The van der Waals surface area contributed by atoms with E-state index in [0.717, 1.165) is 0 Å². The molecule has 0 bridgehead atoms. The zero-order chi connectivity index (χ0) is 11.4. The van der Waals surface area contributed by atoms with E-state index in [0.29, 0.717) is 5.82 Å². The number of hydrogen-bond acceptors (Lipinski definition) is 5. The Morgan fingerprint density at radius 1 is 1.53 bits per heavy atom. The monoisotopic (exact) mass is 206 g/mol. The molecule has 0 aliphatic carbocycles. The summed E-state index contributed by atoms with van der Waals surface area (Å²) in [5.41, 5.74) is 5.88. The molecule has 0 aliphatic rings. The number of methoxy groups -OCH3 is 1. The van der Waals surface area contributed by atoms with Crippen molar-refractivity contribution in [3.8, 4) is 6.07 Å². The first-order chi connectivity index (χ1) is 7.10. The largest absolute Gasteiger partial charge is 0.382 e. The van der Waals surface area contributed by atoms with Crippen molar-refractivity contribution < 1.29 is 4.74 Å². The first-order valence-electron chi connectivity index (χ1n) is 4.65.